The SMILES string of the molecule is COC(=O)c1ccc(S(=O)(=O)NC[C@H](C)N)cc1Cl. The first-order valence-corrected chi connectivity index (χ1v) is 7.27. The van der Waals surface area contributed by atoms with E-state index in [1.165, 1.54) is 25.3 Å². The van der Waals surface area contributed by atoms with Crippen LogP contribution in [0.5, 0.6) is 0 Å². The lowest BCUT2D eigenvalue weighted by Crippen LogP contribution is -2.35. The summed E-state index contributed by atoms with van der Waals surface area (Å²) in [5, 5.41) is 0.00974. The fourth-order valence-electron chi connectivity index (χ4n) is 1.26. The molecule has 0 spiro atoms. The zero-order chi connectivity index (χ0) is 14.6. The summed E-state index contributed by atoms with van der Waals surface area (Å²) < 4.78 is 30.6. The van der Waals surface area contributed by atoms with Gasteiger partial charge in [0.1, 0.15) is 0 Å². The zero-order valence-corrected chi connectivity index (χ0v) is 12.1. The van der Waals surface area contributed by atoms with Crippen molar-refractivity contribution in [3.8, 4) is 0 Å². The number of methoxy groups -OCH3 is 1. The summed E-state index contributed by atoms with van der Waals surface area (Å²) in [5.74, 6) is -0.627. The van der Waals surface area contributed by atoms with Gasteiger partial charge in [0.25, 0.3) is 0 Å². The average molecular weight is 307 g/mol. The molecular weight excluding hydrogens is 292 g/mol. The predicted molar refractivity (Wildman–Crippen MR) is 71.6 cm³/mol. The van der Waals surface area contributed by atoms with E-state index in [2.05, 4.69) is 9.46 Å². The molecule has 1 rings (SSSR count). The third-order valence-electron chi connectivity index (χ3n) is 2.25. The number of esters is 1. The second-order valence-electron chi connectivity index (χ2n) is 3.96. The molecule has 0 aromatic heterocycles. The number of carbonyl (C=O) groups excluding carboxylic acids is 1. The molecule has 8 heteroatoms. The normalized spacial score (nSPS) is 13.1. The summed E-state index contributed by atoms with van der Waals surface area (Å²) in [6.45, 7) is 1.79. The molecule has 6 nitrogen and oxygen atoms in total. The number of ether oxygens (including phenoxy) is 1. The highest BCUT2D eigenvalue weighted by atomic mass is 35.5. The molecule has 0 fully saturated rings. The van der Waals surface area contributed by atoms with E-state index in [0.29, 0.717) is 0 Å². The number of halogens is 1. The number of benzene rings is 1. The first-order chi connectivity index (χ1) is 8.77. The summed E-state index contributed by atoms with van der Waals surface area (Å²) in [4.78, 5) is 11.3. The predicted octanol–water partition coefficient (Wildman–Crippen LogP) is 0.752. The molecule has 0 aliphatic heterocycles. The van der Waals surface area contributed by atoms with Crippen LogP contribution in [0.3, 0.4) is 0 Å². The standard InChI is InChI=1S/C11H15ClN2O4S/c1-7(13)6-14-19(16,17)8-3-4-9(10(12)5-8)11(15)18-2/h3-5,7,14H,6,13H2,1-2H3/t7-/m0/s1. The third-order valence-corrected chi connectivity index (χ3v) is 3.99. The Morgan fingerprint density at radius 3 is 2.63 bits per heavy atom. The van der Waals surface area contributed by atoms with E-state index in [9.17, 15) is 13.2 Å². The Kier molecular flexibility index (Phi) is 5.30. The molecule has 0 aliphatic rings. The topological polar surface area (TPSA) is 98.5 Å². The van der Waals surface area contributed by atoms with E-state index in [0.717, 1.165) is 0 Å². The number of sulfonamides is 1. The lowest BCUT2D eigenvalue weighted by molar-refractivity contribution is 0.0601. The van der Waals surface area contributed by atoms with Crippen molar-refractivity contribution >= 4 is 27.6 Å². The first kappa shape index (κ1) is 15.9. The average Bonchev–Trinajstić information content (AvgIpc) is 2.35. The van der Waals surface area contributed by atoms with E-state index in [-0.39, 0.29) is 28.1 Å². The van der Waals surface area contributed by atoms with Crippen molar-refractivity contribution < 1.29 is 17.9 Å². The highest BCUT2D eigenvalue weighted by Crippen LogP contribution is 2.21. The van der Waals surface area contributed by atoms with Crippen molar-refractivity contribution in [2.45, 2.75) is 17.9 Å². The lowest BCUT2D eigenvalue weighted by Gasteiger charge is -2.10. The molecule has 1 atom stereocenters. The summed E-state index contributed by atoms with van der Waals surface area (Å²) >= 11 is 5.85. The molecule has 0 unspecified atom stereocenters. The minimum absolute atomic E-state index is 0.00974. The van der Waals surface area contributed by atoms with Gasteiger partial charge in [0.15, 0.2) is 0 Å². The number of hydrogen-bond donors (Lipinski definition) is 2. The fraction of sp³-hybridized carbons (Fsp3) is 0.364. The highest BCUT2D eigenvalue weighted by Gasteiger charge is 2.18. The summed E-state index contributed by atoms with van der Waals surface area (Å²) in [5.41, 5.74) is 5.58. The molecule has 19 heavy (non-hydrogen) atoms. The van der Waals surface area contributed by atoms with Gasteiger partial charge >= 0.3 is 5.97 Å². The van der Waals surface area contributed by atoms with Crippen LogP contribution in [-0.4, -0.2) is 34.1 Å². The molecule has 0 aliphatic carbocycles. The van der Waals surface area contributed by atoms with Crippen molar-refractivity contribution in [2.24, 2.45) is 5.73 Å². The van der Waals surface area contributed by atoms with Crippen molar-refractivity contribution in [3.05, 3.63) is 28.8 Å². The number of rotatable bonds is 5. The summed E-state index contributed by atoms with van der Waals surface area (Å²) in [6.07, 6.45) is 0. The maximum Gasteiger partial charge on any atom is 0.339 e. The molecular formula is C11H15ClN2O4S. The van der Waals surface area contributed by atoms with Crippen molar-refractivity contribution in [1.82, 2.24) is 4.72 Å². The summed E-state index contributed by atoms with van der Waals surface area (Å²) in [6, 6.07) is 3.47. The number of carbonyl (C=O) groups is 1. The third kappa shape index (κ3) is 4.17. The lowest BCUT2D eigenvalue weighted by atomic mass is 10.2. The second-order valence-corrected chi connectivity index (χ2v) is 6.14. The zero-order valence-electron chi connectivity index (χ0n) is 10.5. The highest BCUT2D eigenvalue weighted by molar-refractivity contribution is 7.89. The van der Waals surface area contributed by atoms with Crippen LogP contribution >= 0.6 is 11.6 Å². The molecule has 106 valence electrons. The van der Waals surface area contributed by atoms with E-state index >= 15 is 0 Å². The van der Waals surface area contributed by atoms with Crippen LogP contribution < -0.4 is 10.5 Å². The molecule has 1 aromatic carbocycles. The van der Waals surface area contributed by atoms with E-state index in [1.807, 2.05) is 0 Å². The van der Waals surface area contributed by atoms with Crippen molar-refractivity contribution in [3.63, 3.8) is 0 Å². The van der Waals surface area contributed by atoms with Gasteiger partial charge in [-0.25, -0.2) is 17.9 Å². The van der Waals surface area contributed by atoms with Crippen LogP contribution in [0.2, 0.25) is 5.02 Å². The molecule has 0 amide bonds. The maximum absolute atomic E-state index is 11.9. The number of nitrogens with one attached hydrogen (secondary N) is 1. The Labute approximate surface area is 116 Å². The Balaban J connectivity index is 3.04. The molecule has 0 bridgehead atoms. The van der Waals surface area contributed by atoms with Crippen LogP contribution in [0, 0.1) is 0 Å². The Hall–Kier alpha value is -1.15. The number of nitrogens with two attached hydrogens (primary N) is 1. The molecule has 3 N–H and O–H groups in total. The number of hydrogen-bond acceptors (Lipinski definition) is 5. The molecule has 1 aromatic rings. The van der Waals surface area contributed by atoms with Crippen LogP contribution in [0.4, 0.5) is 0 Å². The van der Waals surface area contributed by atoms with E-state index < -0.39 is 16.0 Å². The van der Waals surface area contributed by atoms with E-state index in [1.54, 1.807) is 6.92 Å². The fourth-order valence-corrected chi connectivity index (χ4v) is 2.75. The minimum Gasteiger partial charge on any atom is -0.465 e. The first-order valence-electron chi connectivity index (χ1n) is 5.41. The van der Waals surface area contributed by atoms with Gasteiger partial charge in [-0.05, 0) is 25.1 Å². The van der Waals surface area contributed by atoms with Gasteiger partial charge in [0.05, 0.1) is 22.6 Å². The van der Waals surface area contributed by atoms with Crippen LogP contribution in [0.1, 0.15) is 17.3 Å². The molecule has 0 radical (unpaired) electrons. The largest absolute Gasteiger partial charge is 0.465 e. The van der Waals surface area contributed by atoms with E-state index in [4.69, 9.17) is 17.3 Å². The van der Waals surface area contributed by atoms with Gasteiger partial charge in [-0.2, -0.15) is 0 Å². The quantitative estimate of drug-likeness (QED) is 0.782. The molecule has 0 heterocycles. The monoisotopic (exact) mass is 306 g/mol. The Bertz CT molecular complexity index is 572. The van der Waals surface area contributed by atoms with Crippen molar-refractivity contribution in [1.29, 1.82) is 0 Å². The second kappa shape index (κ2) is 6.33. The van der Waals surface area contributed by atoms with Crippen LogP contribution in [-0.2, 0) is 14.8 Å². The Morgan fingerprint density at radius 1 is 1.53 bits per heavy atom. The maximum atomic E-state index is 11.9. The molecule has 0 saturated carbocycles. The van der Waals surface area contributed by atoms with Gasteiger partial charge in [-0.15, -0.1) is 0 Å². The van der Waals surface area contributed by atoms with Gasteiger partial charge in [-0.1, -0.05) is 11.6 Å². The molecule has 0 saturated heterocycles. The summed E-state index contributed by atoms with van der Waals surface area (Å²) in [7, 11) is -2.48. The minimum atomic E-state index is -3.69. The van der Waals surface area contributed by atoms with Gasteiger partial charge in [0.2, 0.25) is 10.0 Å². The van der Waals surface area contributed by atoms with Crippen LogP contribution in [0.25, 0.3) is 0 Å². The van der Waals surface area contributed by atoms with Gasteiger partial charge in [-0.3, -0.25) is 0 Å². The van der Waals surface area contributed by atoms with Gasteiger partial charge in [0, 0.05) is 12.6 Å². The Morgan fingerprint density at radius 2 is 2.16 bits per heavy atom. The smallest absolute Gasteiger partial charge is 0.339 e. The van der Waals surface area contributed by atoms with Gasteiger partial charge < -0.3 is 10.5 Å². The van der Waals surface area contributed by atoms with Crippen molar-refractivity contribution in [2.75, 3.05) is 13.7 Å². The van der Waals surface area contributed by atoms with Crippen LogP contribution in [0.15, 0.2) is 23.1 Å².